The van der Waals surface area contributed by atoms with Gasteiger partial charge in [0.05, 0.1) is 0 Å². The second-order valence-electron chi connectivity index (χ2n) is 8.55. The lowest BCUT2D eigenvalue weighted by molar-refractivity contribution is -0.132. The fourth-order valence-electron chi connectivity index (χ4n) is 4.80. The van der Waals surface area contributed by atoms with Gasteiger partial charge in [-0.3, -0.25) is 9.78 Å². The Morgan fingerprint density at radius 3 is 2.77 bits per heavy atom. The highest BCUT2D eigenvalue weighted by Crippen LogP contribution is 2.39. The van der Waals surface area contributed by atoms with E-state index in [1.165, 1.54) is 27.8 Å². The van der Waals surface area contributed by atoms with E-state index in [4.69, 9.17) is 0 Å². The van der Waals surface area contributed by atoms with Crippen molar-refractivity contribution in [3.63, 3.8) is 0 Å². The molecule has 1 saturated heterocycles. The van der Waals surface area contributed by atoms with Crippen LogP contribution in [0.25, 0.3) is 22.0 Å². The Balaban J connectivity index is 1.44. The standard InChI is InChI=1S/C26H28N4O/c1-19-6-7-23-22(17-19)25(20-8-11-27-12-9-20)26(28-23)21-5-4-15-30(18-21)24(31)10-16-29-13-2-3-14-29/h2-3,6-9,11-14,17,21,28H,4-5,10,15-16,18H2,1H3. The number of carbonyl (C=O) groups excluding carboxylic acids is 1. The first-order chi connectivity index (χ1) is 15.2. The van der Waals surface area contributed by atoms with Crippen LogP contribution in [0.1, 0.15) is 36.4 Å². The molecule has 0 spiro atoms. The van der Waals surface area contributed by atoms with Gasteiger partial charge in [-0.05, 0) is 61.7 Å². The Bertz CT molecular complexity index is 1180. The molecule has 4 aromatic rings. The second-order valence-corrected chi connectivity index (χ2v) is 8.55. The van der Waals surface area contributed by atoms with Crippen molar-refractivity contribution in [2.24, 2.45) is 0 Å². The van der Waals surface area contributed by atoms with Crippen LogP contribution < -0.4 is 0 Å². The number of likely N-dealkylation sites (tertiary alicyclic amines) is 1. The smallest absolute Gasteiger partial charge is 0.224 e. The quantitative estimate of drug-likeness (QED) is 0.494. The molecule has 0 bridgehead atoms. The number of piperidine rings is 1. The summed E-state index contributed by atoms with van der Waals surface area (Å²) in [6, 6.07) is 14.7. The number of aromatic nitrogens is 3. The molecule has 5 heteroatoms. The molecule has 1 amide bonds. The van der Waals surface area contributed by atoms with Crippen molar-refractivity contribution in [3.05, 3.63) is 78.5 Å². The maximum atomic E-state index is 12.9. The normalized spacial score (nSPS) is 16.7. The van der Waals surface area contributed by atoms with Gasteiger partial charge in [0.15, 0.2) is 0 Å². The molecule has 1 aromatic carbocycles. The molecule has 158 valence electrons. The number of hydrogen-bond acceptors (Lipinski definition) is 2. The zero-order chi connectivity index (χ0) is 21.2. The number of nitrogens with zero attached hydrogens (tertiary/aromatic N) is 3. The van der Waals surface area contributed by atoms with Gasteiger partial charge in [-0.1, -0.05) is 11.6 Å². The van der Waals surface area contributed by atoms with Gasteiger partial charge in [-0.2, -0.15) is 0 Å². The molecule has 1 atom stereocenters. The summed E-state index contributed by atoms with van der Waals surface area (Å²) in [5, 5.41) is 1.25. The fraction of sp³-hybridized carbons (Fsp3) is 0.308. The summed E-state index contributed by atoms with van der Waals surface area (Å²) in [6.07, 6.45) is 10.4. The average molecular weight is 413 g/mol. The topological polar surface area (TPSA) is 53.9 Å². The second kappa shape index (κ2) is 8.42. The molecule has 31 heavy (non-hydrogen) atoms. The highest BCUT2D eigenvalue weighted by atomic mass is 16.2. The van der Waals surface area contributed by atoms with Gasteiger partial charge in [0, 0.05) is 78.9 Å². The molecular weight excluding hydrogens is 384 g/mol. The highest BCUT2D eigenvalue weighted by molar-refractivity contribution is 5.98. The minimum atomic E-state index is 0.246. The van der Waals surface area contributed by atoms with E-state index in [1.54, 1.807) is 0 Å². The summed E-state index contributed by atoms with van der Waals surface area (Å²) in [4.78, 5) is 22.9. The number of aryl methyl sites for hydroxylation is 2. The van der Waals surface area contributed by atoms with E-state index >= 15 is 0 Å². The average Bonchev–Trinajstić information content (AvgIpc) is 3.46. The van der Waals surface area contributed by atoms with Gasteiger partial charge in [0.25, 0.3) is 0 Å². The molecule has 1 fully saturated rings. The zero-order valence-electron chi connectivity index (χ0n) is 17.9. The molecule has 4 heterocycles. The summed E-state index contributed by atoms with van der Waals surface area (Å²) in [5.74, 6) is 0.552. The van der Waals surface area contributed by atoms with Crippen molar-refractivity contribution in [1.29, 1.82) is 0 Å². The number of nitrogens with one attached hydrogen (secondary N) is 1. The van der Waals surface area contributed by atoms with E-state index in [2.05, 4.69) is 56.7 Å². The number of benzene rings is 1. The van der Waals surface area contributed by atoms with Crippen molar-refractivity contribution in [3.8, 4) is 11.1 Å². The largest absolute Gasteiger partial charge is 0.358 e. The van der Waals surface area contributed by atoms with E-state index in [0.717, 1.165) is 38.0 Å². The lowest BCUT2D eigenvalue weighted by Gasteiger charge is -2.33. The van der Waals surface area contributed by atoms with Gasteiger partial charge >= 0.3 is 0 Å². The maximum Gasteiger partial charge on any atom is 0.224 e. The molecule has 3 aromatic heterocycles. The van der Waals surface area contributed by atoms with Crippen LogP contribution in [-0.4, -0.2) is 38.4 Å². The molecule has 0 saturated carbocycles. The minimum absolute atomic E-state index is 0.246. The molecule has 1 N–H and O–H groups in total. The molecule has 1 unspecified atom stereocenters. The SMILES string of the molecule is Cc1ccc2[nH]c(C3CCCN(C(=O)CCn4cccc4)C3)c(-c3ccncc3)c2c1. The van der Waals surface area contributed by atoms with Crippen LogP contribution >= 0.6 is 0 Å². The van der Waals surface area contributed by atoms with Crippen LogP contribution in [0, 0.1) is 6.92 Å². The molecule has 5 nitrogen and oxygen atoms in total. The zero-order valence-corrected chi connectivity index (χ0v) is 17.9. The lowest BCUT2D eigenvalue weighted by Crippen LogP contribution is -2.39. The van der Waals surface area contributed by atoms with Crippen LogP contribution in [-0.2, 0) is 11.3 Å². The number of hydrogen-bond donors (Lipinski definition) is 1. The van der Waals surface area contributed by atoms with Crippen molar-refractivity contribution in [2.45, 2.75) is 38.6 Å². The first-order valence-corrected chi connectivity index (χ1v) is 11.1. The van der Waals surface area contributed by atoms with Crippen LogP contribution in [0.15, 0.2) is 67.3 Å². The molecule has 5 rings (SSSR count). The molecular formula is C26H28N4O. The summed E-state index contributed by atoms with van der Waals surface area (Å²) < 4.78 is 2.07. The van der Waals surface area contributed by atoms with E-state index < -0.39 is 0 Å². The molecule has 0 radical (unpaired) electrons. The minimum Gasteiger partial charge on any atom is -0.358 e. The van der Waals surface area contributed by atoms with Crippen molar-refractivity contribution in [2.75, 3.05) is 13.1 Å². The Kier molecular flexibility index (Phi) is 5.33. The predicted octanol–water partition coefficient (Wildman–Crippen LogP) is 5.14. The number of H-pyrrole nitrogens is 1. The van der Waals surface area contributed by atoms with Crippen molar-refractivity contribution in [1.82, 2.24) is 19.4 Å². The summed E-state index contributed by atoms with van der Waals surface area (Å²) in [6.45, 7) is 4.49. The summed E-state index contributed by atoms with van der Waals surface area (Å²) in [7, 11) is 0. The maximum absolute atomic E-state index is 12.9. The van der Waals surface area contributed by atoms with Crippen molar-refractivity contribution >= 4 is 16.8 Å². The van der Waals surface area contributed by atoms with E-state index in [0.29, 0.717) is 12.3 Å². The summed E-state index contributed by atoms with van der Waals surface area (Å²) >= 11 is 0. The fourth-order valence-corrected chi connectivity index (χ4v) is 4.80. The highest BCUT2D eigenvalue weighted by Gasteiger charge is 2.28. The number of carbonyl (C=O) groups is 1. The third-order valence-electron chi connectivity index (χ3n) is 6.38. The molecule has 1 aliphatic heterocycles. The van der Waals surface area contributed by atoms with Gasteiger partial charge < -0.3 is 14.5 Å². The first-order valence-electron chi connectivity index (χ1n) is 11.1. The monoisotopic (exact) mass is 412 g/mol. The van der Waals surface area contributed by atoms with E-state index in [1.807, 2.05) is 36.9 Å². The number of fused-ring (bicyclic) bond motifs is 1. The van der Waals surface area contributed by atoms with Gasteiger partial charge in [0.1, 0.15) is 0 Å². The number of pyridine rings is 1. The third-order valence-corrected chi connectivity index (χ3v) is 6.38. The van der Waals surface area contributed by atoms with E-state index in [9.17, 15) is 4.79 Å². The summed E-state index contributed by atoms with van der Waals surface area (Å²) in [5.41, 5.74) is 6.09. The predicted molar refractivity (Wildman–Crippen MR) is 124 cm³/mol. The van der Waals surface area contributed by atoms with Crippen molar-refractivity contribution < 1.29 is 4.79 Å². The number of aromatic amines is 1. The van der Waals surface area contributed by atoms with Crippen LogP contribution in [0.4, 0.5) is 0 Å². The Morgan fingerprint density at radius 2 is 1.97 bits per heavy atom. The Labute approximate surface area is 182 Å². The van der Waals surface area contributed by atoms with Crippen LogP contribution in [0.3, 0.4) is 0 Å². The Hall–Kier alpha value is -3.34. The lowest BCUT2D eigenvalue weighted by atomic mass is 9.89. The third kappa shape index (κ3) is 4.00. The molecule has 1 aliphatic rings. The van der Waals surface area contributed by atoms with Gasteiger partial charge in [-0.15, -0.1) is 0 Å². The number of amides is 1. The van der Waals surface area contributed by atoms with E-state index in [-0.39, 0.29) is 5.91 Å². The van der Waals surface area contributed by atoms with Crippen LogP contribution in [0.2, 0.25) is 0 Å². The van der Waals surface area contributed by atoms with Gasteiger partial charge in [-0.25, -0.2) is 0 Å². The first kappa shape index (κ1) is 19.6. The Morgan fingerprint density at radius 1 is 1.16 bits per heavy atom. The number of rotatable bonds is 5. The molecule has 0 aliphatic carbocycles. The van der Waals surface area contributed by atoms with Crippen LogP contribution in [0.5, 0.6) is 0 Å². The van der Waals surface area contributed by atoms with Gasteiger partial charge in [0.2, 0.25) is 5.91 Å².